The van der Waals surface area contributed by atoms with E-state index < -0.39 is 0 Å². The number of hydrogen-bond donors (Lipinski definition) is 2. The highest BCUT2D eigenvalue weighted by molar-refractivity contribution is 5.85. The van der Waals surface area contributed by atoms with E-state index in [0.717, 1.165) is 18.4 Å². The van der Waals surface area contributed by atoms with Gasteiger partial charge in [0.25, 0.3) is 0 Å². The fraction of sp³-hybridized carbons (Fsp3) is 0.500. The molecule has 1 aliphatic rings. The average molecular weight is 287 g/mol. The Morgan fingerprint density at radius 2 is 2.11 bits per heavy atom. The van der Waals surface area contributed by atoms with Crippen molar-refractivity contribution in [2.75, 3.05) is 6.54 Å². The molecule has 0 saturated heterocycles. The number of nitrogens with one attached hydrogen (secondary N) is 1. The van der Waals surface area contributed by atoms with Crippen LogP contribution in [0.3, 0.4) is 0 Å². The Bertz CT molecular complexity index is 422. The van der Waals surface area contributed by atoms with Crippen LogP contribution < -0.4 is 11.1 Å². The van der Waals surface area contributed by atoms with Crippen LogP contribution in [0.15, 0.2) is 24.3 Å². The maximum Gasteiger partial charge on any atom is 0.234 e. The van der Waals surface area contributed by atoms with Crippen molar-refractivity contribution in [1.82, 2.24) is 5.32 Å². The van der Waals surface area contributed by atoms with Crippen molar-refractivity contribution >= 4 is 18.3 Å². The van der Waals surface area contributed by atoms with Crippen molar-refractivity contribution in [2.24, 2.45) is 11.7 Å². The van der Waals surface area contributed by atoms with Gasteiger partial charge in [-0.15, -0.1) is 12.4 Å². The zero-order valence-corrected chi connectivity index (χ0v) is 11.6. The standard InChI is InChI=1S/C14H19FN2O.ClH/c15-12-7-3-6-11(8-12)14(17-13(18)9-16)10-4-1-2-5-10;/h3,6-8,10,14H,1-2,4-5,9,16H2,(H,17,18);1H. The van der Waals surface area contributed by atoms with Crippen LogP contribution in [-0.2, 0) is 4.79 Å². The van der Waals surface area contributed by atoms with Crippen LogP contribution in [-0.4, -0.2) is 12.5 Å². The number of hydrogen-bond acceptors (Lipinski definition) is 2. The highest BCUT2D eigenvalue weighted by Crippen LogP contribution is 2.35. The summed E-state index contributed by atoms with van der Waals surface area (Å²) in [6.45, 7) is -0.0292. The van der Waals surface area contributed by atoms with Crippen molar-refractivity contribution in [3.63, 3.8) is 0 Å². The summed E-state index contributed by atoms with van der Waals surface area (Å²) in [5.41, 5.74) is 6.18. The Morgan fingerprint density at radius 1 is 1.42 bits per heavy atom. The molecule has 106 valence electrons. The molecular formula is C14H20ClFN2O. The lowest BCUT2D eigenvalue weighted by atomic mass is 9.91. The summed E-state index contributed by atoms with van der Waals surface area (Å²) >= 11 is 0. The molecule has 1 aromatic rings. The zero-order valence-electron chi connectivity index (χ0n) is 10.8. The van der Waals surface area contributed by atoms with Crippen LogP contribution in [0.5, 0.6) is 0 Å². The summed E-state index contributed by atoms with van der Waals surface area (Å²) < 4.78 is 13.3. The minimum absolute atomic E-state index is 0. The monoisotopic (exact) mass is 286 g/mol. The molecule has 1 atom stereocenters. The van der Waals surface area contributed by atoms with Crippen molar-refractivity contribution in [3.8, 4) is 0 Å². The molecular weight excluding hydrogens is 267 g/mol. The number of halogens is 2. The van der Waals surface area contributed by atoms with E-state index in [2.05, 4.69) is 5.32 Å². The first-order chi connectivity index (χ1) is 8.70. The smallest absolute Gasteiger partial charge is 0.234 e. The molecule has 0 heterocycles. The molecule has 1 aromatic carbocycles. The number of nitrogens with two attached hydrogens (primary N) is 1. The third kappa shape index (κ3) is 4.18. The van der Waals surface area contributed by atoms with Crippen molar-refractivity contribution in [1.29, 1.82) is 0 Å². The first-order valence-corrected chi connectivity index (χ1v) is 6.45. The number of rotatable bonds is 4. The van der Waals surface area contributed by atoms with Gasteiger partial charge in [-0.1, -0.05) is 25.0 Å². The minimum atomic E-state index is -0.266. The van der Waals surface area contributed by atoms with E-state index >= 15 is 0 Å². The number of amides is 1. The molecule has 1 unspecified atom stereocenters. The van der Waals surface area contributed by atoms with Gasteiger partial charge in [0.2, 0.25) is 5.91 Å². The van der Waals surface area contributed by atoms with E-state index in [4.69, 9.17) is 5.73 Å². The van der Waals surface area contributed by atoms with Gasteiger partial charge in [-0.25, -0.2) is 4.39 Å². The molecule has 5 heteroatoms. The van der Waals surface area contributed by atoms with Crippen molar-refractivity contribution < 1.29 is 9.18 Å². The van der Waals surface area contributed by atoms with Crippen molar-refractivity contribution in [3.05, 3.63) is 35.6 Å². The fourth-order valence-electron chi connectivity index (χ4n) is 2.70. The Balaban J connectivity index is 0.00000180. The van der Waals surface area contributed by atoms with Crippen LogP contribution in [0.25, 0.3) is 0 Å². The molecule has 2 rings (SSSR count). The van der Waals surface area contributed by atoms with Gasteiger partial charge < -0.3 is 11.1 Å². The van der Waals surface area contributed by atoms with Gasteiger partial charge in [0, 0.05) is 0 Å². The highest BCUT2D eigenvalue weighted by atomic mass is 35.5. The molecule has 1 amide bonds. The number of carbonyl (C=O) groups excluding carboxylic acids is 1. The second kappa shape index (κ2) is 7.46. The van der Waals surface area contributed by atoms with Gasteiger partial charge in [0.15, 0.2) is 0 Å². The lowest BCUT2D eigenvalue weighted by Crippen LogP contribution is -2.36. The summed E-state index contributed by atoms with van der Waals surface area (Å²) in [5, 5.41) is 2.92. The average Bonchev–Trinajstić information content (AvgIpc) is 2.89. The van der Waals surface area contributed by atoms with E-state index in [9.17, 15) is 9.18 Å². The SMILES string of the molecule is Cl.NCC(=O)NC(c1cccc(F)c1)C1CCCC1. The Hall–Kier alpha value is -1.13. The molecule has 1 fully saturated rings. The van der Waals surface area contributed by atoms with E-state index in [1.165, 1.54) is 25.0 Å². The third-order valence-electron chi connectivity index (χ3n) is 3.58. The second-order valence-corrected chi connectivity index (χ2v) is 4.85. The predicted octanol–water partition coefficient (Wildman–Crippen LogP) is 2.55. The maximum absolute atomic E-state index is 13.3. The van der Waals surface area contributed by atoms with Crippen LogP contribution in [0.1, 0.15) is 37.3 Å². The molecule has 0 aromatic heterocycles. The lowest BCUT2D eigenvalue weighted by Gasteiger charge is -2.25. The minimum Gasteiger partial charge on any atom is -0.348 e. The first-order valence-electron chi connectivity index (χ1n) is 6.45. The van der Waals surface area contributed by atoms with Gasteiger partial charge in [-0.3, -0.25) is 4.79 Å². The Kier molecular flexibility index (Phi) is 6.25. The van der Waals surface area contributed by atoms with E-state index in [0.29, 0.717) is 5.92 Å². The van der Waals surface area contributed by atoms with Gasteiger partial charge in [-0.05, 0) is 36.5 Å². The van der Waals surface area contributed by atoms with E-state index in [-0.39, 0.29) is 36.7 Å². The fourth-order valence-corrected chi connectivity index (χ4v) is 2.70. The summed E-state index contributed by atoms with van der Waals surface area (Å²) in [5.74, 6) is -0.0593. The topological polar surface area (TPSA) is 55.1 Å². The Labute approximate surface area is 119 Å². The lowest BCUT2D eigenvalue weighted by molar-refractivity contribution is -0.120. The first kappa shape index (κ1) is 15.9. The molecule has 0 bridgehead atoms. The molecule has 1 aliphatic carbocycles. The van der Waals surface area contributed by atoms with E-state index in [1.807, 2.05) is 6.07 Å². The Morgan fingerprint density at radius 3 is 2.68 bits per heavy atom. The third-order valence-corrected chi connectivity index (χ3v) is 3.58. The predicted molar refractivity (Wildman–Crippen MR) is 75.5 cm³/mol. The largest absolute Gasteiger partial charge is 0.348 e. The summed E-state index contributed by atoms with van der Waals surface area (Å²) in [6, 6.07) is 6.35. The van der Waals surface area contributed by atoms with Gasteiger partial charge in [0.05, 0.1) is 12.6 Å². The van der Waals surface area contributed by atoms with Gasteiger partial charge in [-0.2, -0.15) is 0 Å². The number of benzene rings is 1. The van der Waals surface area contributed by atoms with Crippen molar-refractivity contribution in [2.45, 2.75) is 31.7 Å². The van der Waals surface area contributed by atoms with E-state index in [1.54, 1.807) is 6.07 Å². The molecule has 3 nitrogen and oxygen atoms in total. The van der Waals surface area contributed by atoms with Gasteiger partial charge in [0.1, 0.15) is 5.82 Å². The molecule has 0 spiro atoms. The van der Waals surface area contributed by atoms with Crippen LogP contribution >= 0.6 is 12.4 Å². The highest BCUT2D eigenvalue weighted by Gasteiger charge is 2.27. The summed E-state index contributed by atoms with van der Waals surface area (Å²) in [6.07, 6.45) is 4.50. The van der Waals surface area contributed by atoms with Crippen LogP contribution in [0, 0.1) is 11.7 Å². The molecule has 0 aliphatic heterocycles. The molecule has 19 heavy (non-hydrogen) atoms. The van der Waals surface area contributed by atoms with Crippen LogP contribution in [0.2, 0.25) is 0 Å². The molecule has 1 saturated carbocycles. The second-order valence-electron chi connectivity index (χ2n) is 4.85. The maximum atomic E-state index is 13.3. The quantitative estimate of drug-likeness (QED) is 0.894. The molecule has 0 radical (unpaired) electrons. The van der Waals surface area contributed by atoms with Crippen LogP contribution in [0.4, 0.5) is 4.39 Å². The zero-order chi connectivity index (χ0) is 13.0. The normalized spacial score (nSPS) is 16.7. The number of carbonyl (C=O) groups is 1. The summed E-state index contributed by atoms with van der Waals surface area (Å²) in [4.78, 5) is 11.5. The molecule has 3 N–H and O–H groups in total. The summed E-state index contributed by atoms with van der Waals surface area (Å²) in [7, 11) is 0. The van der Waals surface area contributed by atoms with Gasteiger partial charge >= 0.3 is 0 Å².